The second kappa shape index (κ2) is 19.1. The van der Waals surface area contributed by atoms with E-state index in [1.807, 2.05) is 18.2 Å². The van der Waals surface area contributed by atoms with Crippen LogP contribution in [0.3, 0.4) is 0 Å². The van der Waals surface area contributed by atoms with Crippen molar-refractivity contribution in [2.75, 3.05) is 26.4 Å². The third-order valence-corrected chi connectivity index (χ3v) is 10.3. The quantitative estimate of drug-likeness (QED) is 0.0501. The predicted molar refractivity (Wildman–Crippen MR) is 182 cm³/mol. The smallest absolute Gasteiger partial charge is 0.145 e. The lowest BCUT2D eigenvalue weighted by Crippen LogP contribution is -2.59. The maximum absolute atomic E-state index is 12.2. The number of ether oxygens (including phenoxy) is 1. The largest absolute Gasteiger partial charge is 0.396 e. The predicted octanol–water partition coefficient (Wildman–Crippen LogP) is 6.15. The Balaban J connectivity index is 2.30. The van der Waals surface area contributed by atoms with Gasteiger partial charge in [0.2, 0.25) is 0 Å². The minimum Gasteiger partial charge on any atom is -0.396 e. The van der Waals surface area contributed by atoms with E-state index < -0.39 is 29.8 Å². The number of rotatable bonds is 19. The molecular formula is C38H62O7. The van der Waals surface area contributed by atoms with Crippen LogP contribution >= 0.6 is 0 Å². The standard InChI is InChI=1S/C38H62O7/c1-27(2)11-7-12-28(3)13-8-14-29(4)15-9-16-31(25-45-26-32(42)24-41)34-19-21-38(36(34)43)35(17-10-22-39)33(30(5)23-40)18-20-37(38,6)44/h9,13,15-16,23,27,32,34-36,39,41-44H,4,7-8,10-12,14,17-22,24-26H2,1-3,5-6H3. The molecule has 0 heterocycles. The molecule has 6 atom stereocenters. The van der Waals surface area contributed by atoms with E-state index in [1.165, 1.54) is 18.4 Å². The van der Waals surface area contributed by atoms with Gasteiger partial charge in [-0.3, -0.25) is 4.79 Å². The van der Waals surface area contributed by atoms with Gasteiger partial charge < -0.3 is 30.3 Å². The highest BCUT2D eigenvalue weighted by atomic mass is 16.5. The Hall–Kier alpha value is -1.87. The number of aliphatic hydroxyl groups is 5. The molecule has 0 radical (unpaired) electrons. The maximum atomic E-state index is 12.2. The zero-order valence-corrected chi connectivity index (χ0v) is 28.6. The van der Waals surface area contributed by atoms with Gasteiger partial charge in [-0.25, -0.2) is 0 Å². The Bertz CT molecular complexity index is 1070. The molecule has 2 rings (SSSR count). The minimum absolute atomic E-state index is 0.00395. The summed E-state index contributed by atoms with van der Waals surface area (Å²) in [6.45, 7) is 14.2. The van der Waals surface area contributed by atoms with Crippen molar-refractivity contribution in [1.29, 1.82) is 0 Å². The van der Waals surface area contributed by atoms with Crippen molar-refractivity contribution in [3.8, 4) is 0 Å². The Morgan fingerprint density at radius 1 is 1.16 bits per heavy atom. The molecule has 2 aliphatic rings. The van der Waals surface area contributed by atoms with Crippen LogP contribution in [0.25, 0.3) is 0 Å². The van der Waals surface area contributed by atoms with Gasteiger partial charge in [0.05, 0.1) is 31.5 Å². The second-order valence-corrected chi connectivity index (χ2v) is 14.1. The van der Waals surface area contributed by atoms with Crippen molar-refractivity contribution in [3.05, 3.63) is 58.7 Å². The lowest BCUT2D eigenvalue weighted by molar-refractivity contribution is -0.167. The molecule has 0 aliphatic heterocycles. The summed E-state index contributed by atoms with van der Waals surface area (Å²) < 4.78 is 5.80. The van der Waals surface area contributed by atoms with Crippen LogP contribution in [-0.2, 0) is 9.53 Å². The van der Waals surface area contributed by atoms with Crippen molar-refractivity contribution in [1.82, 2.24) is 0 Å². The average Bonchev–Trinajstić information content (AvgIpc) is 3.34. The number of aldehydes is 1. The first-order valence-electron chi connectivity index (χ1n) is 17.1. The summed E-state index contributed by atoms with van der Waals surface area (Å²) in [5.74, 6) is 0.171. The fourth-order valence-corrected chi connectivity index (χ4v) is 7.59. The molecule has 0 aromatic carbocycles. The molecule has 5 N–H and O–H groups in total. The summed E-state index contributed by atoms with van der Waals surface area (Å²) in [7, 11) is 0. The van der Waals surface area contributed by atoms with Gasteiger partial charge in [-0.2, -0.15) is 0 Å². The number of carbonyl (C=O) groups is 1. The number of aliphatic hydroxyl groups excluding tert-OH is 4. The van der Waals surface area contributed by atoms with Crippen LogP contribution in [0.1, 0.15) is 105 Å². The molecule has 6 unspecified atom stereocenters. The highest BCUT2D eigenvalue weighted by Crippen LogP contribution is 2.63. The minimum atomic E-state index is -1.17. The lowest BCUT2D eigenvalue weighted by Gasteiger charge is -2.55. The molecule has 7 nitrogen and oxygen atoms in total. The summed E-state index contributed by atoms with van der Waals surface area (Å²) >= 11 is 0. The monoisotopic (exact) mass is 630 g/mol. The fraction of sp³-hybridized carbons (Fsp3) is 0.711. The Labute approximate surface area is 272 Å². The third-order valence-electron chi connectivity index (χ3n) is 10.3. The Morgan fingerprint density at radius 3 is 2.53 bits per heavy atom. The highest BCUT2D eigenvalue weighted by molar-refractivity contribution is 5.74. The van der Waals surface area contributed by atoms with Crippen LogP contribution in [-0.4, -0.2) is 76.1 Å². The first-order valence-corrected chi connectivity index (χ1v) is 17.1. The highest BCUT2D eigenvalue weighted by Gasteiger charge is 2.64. The zero-order valence-electron chi connectivity index (χ0n) is 28.6. The van der Waals surface area contributed by atoms with E-state index in [2.05, 4.69) is 33.4 Å². The van der Waals surface area contributed by atoms with Gasteiger partial charge in [0.15, 0.2) is 0 Å². The summed E-state index contributed by atoms with van der Waals surface area (Å²) in [5, 5.41) is 52.9. The van der Waals surface area contributed by atoms with E-state index in [9.17, 15) is 30.3 Å². The molecule has 0 bridgehead atoms. The van der Waals surface area contributed by atoms with Gasteiger partial charge in [0.1, 0.15) is 12.4 Å². The van der Waals surface area contributed by atoms with E-state index in [-0.39, 0.29) is 31.7 Å². The number of hydrogen-bond acceptors (Lipinski definition) is 7. The average molecular weight is 631 g/mol. The van der Waals surface area contributed by atoms with Crippen molar-refractivity contribution in [2.45, 2.75) is 123 Å². The molecule has 0 amide bonds. The molecule has 2 fully saturated rings. The van der Waals surface area contributed by atoms with Crippen LogP contribution in [0.2, 0.25) is 0 Å². The van der Waals surface area contributed by atoms with Crippen LogP contribution in [0, 0.1) is 23.2 Å². The van der Waals surface area contributed by atoms with E-state index in [0.717, 1.165) is 48.2 Å². The van der Waals surface area contributed by atoms with Crippen LogP contribution in [0.15, 0.2) is 58.7 Å². The van der Waals surface area contributed by atoms with E-state index in [4.69, 9.17) is 4.74 Å². The molecule has 0 saturated heterocycles. The third kappa shape index (κ3) is 10.8. The number of hydrogen-bond donors (Lipinski definition) is 5. The number of allylic oxidation sites excluding steroid dienone is 8. The molecule has 0 aromatic heterocycles. The normalized spacial score (nSPS) is 29.6. The van der Waals surface area contributed by atoms with E-state index in [0.29, 0.717) is 44.1 Å². The van der Waals surface area contributed by atoms with Crippen molar-refractivity contribution in [3.63, 3.8) is 0 Å². The Kier molecular flexibility index (Phi) is 16.7. The van der Waals surface area contributed by atoms with Gasteiger partial charge in [-0.15, -0.1) is 0 Å². The fourth-order valence-electron chi connectivity index (χ4n) is 7.59. The van der Waals surface area contributed by atoms with Crippen molar-refractivity contribution in [2.24, 2.45) is 23.2 Å². The lowest BCUT2D eigenvalue weighted by atomic mass is 9.52. The van der Waals surface area contributed by atoms with Crippen LogP contribution in [0.4, 0.5) is 0 Å². The van der Waals surface area contributed by atoms with Gasteiger partial charge in [0.25, 0.3) is 0 Å². The van der Waals surface area contributed by atoms with Crippen molar-refractivity contribution >= 4 is 6.29 Å². The summed E-state index contributed by atoms with van der Waals surface area (Å²) in [6, 6.07) is 0. The molecule has 1 spiro atoms. The van der Waals surface area contributed by atoms with Gasteiger partial charge in [-0.1, -0.05) is 67.9 Å². The van der Waals surface area contributed by atoms with E-state index in [1.54, 1.807) is 13.8 Å². The van der Waals surface area contributed by atoms with Gasteiger partial charge >= 0.3 is 0 Å². The first-order chi connectivity index (χ1) is 21.3. The molecule has 7 heteroatoms. The van der Waals surface area contributed by atoms with Crippen molar-refractivity contribution < 1.29 is 35.1 Å². The molecule has 45 heavy (non-hydrogen) atoms. The topological polar surface area (TPSA) is 127 Å². The molecular weight excluding hydrogens is 568 g/mol. The van der Waals surface area contributed by atoms with Gasteiger partial charge in [-0.05, 0) is 108 Å². The summed E-state index contributed by atoms with van der Waals surface area (Å²) in [5.41, 5.74) is 2.81. The molecule has 0 aromatic rings. The zero-order chi connectivity index (χ0) is 33.6. The second-order valence-electron chi connectivity index (χ2n) is 14.1. The molecule has 2 aliphatic carbocycles. The van der Waals surface area contributed by atoms with Crippen LogP contribution < -0.4 is 0 Å². The SMILES string of the molecule is C=C(C=CC=C(COCC(O)CO)C1CCC2(C(CCCO)C(=C(C)C=O)CCC2(C)O)C1O)CCC=C(C)CCCC(C)C. The first kappa shape index (κ1) is 39.3. The maximum Gasteiger partial charge on any atom is 0.145 e. The van der Waals surface area contributed by atoms with Crippen LogP contribution in [0.5, 0.6) is 0 Å². The van der Waals surface area contributed by atoms with E-state index >= 15 is 0 Å². The summed E-state index contributed by atoms with van der Waals surface area (Å²) in [4.78, 5) is 11.9. The number of carbonyl (C=O) groups excluding carboxylic acids is 1. The molecule has 2 saturated carbocycles. The van der Waals surface area contributed by atoms with Gasteiger partial charge in [0, 0.05) is 17.9 Å². The summed E-state index contributed by atoms with van der Waals surface area (Å²) in [6.07, 6.45) is 15.8. The molecule has 256 valence electrons. The Morgan fingerprint density at radius 2 is 1.89 bits per heavy atom.